The summed E-state index contributed by atoms with van der Waals surface area (Å²) < 4.78 is 7.14. The molecule has 0 aliphatic heterocycles. The third-order valence-electron chi connectivity index (χ3n) is 3.66. The van der Waals surface area contributed by atoms with E-state index >= 15 is 0 Å². The highest BCUT2D eigenvalue weighted by molar-refractivity contribution is 6.33. The summed E-state index contributed by atoms with van der Waals surface area (Å²) in [5, 5.41) is 9.32. The van der Waals surface area contributed by atoms with Crippen molar-refractivity contribution in [2.75, 3.05) is 7.11 Å². The molecule has 0 aliphatic carbocycles. The first-order valence-electron chi connectivity index (χ1n) is 7.47. The lowest BCUT2D eigenvalue weighted by Gasteiger charge is -2.07. The summed E-state index contributed by atoms with van der Waals surface area (Å²) in [6.45, 7) is 0. The molecule has 3 aromatic rings. The average molecular weight is 355 g/mol. The van der Waals surface area contributed by atoms with Gasteiger partial charge in [-0.15, -0.1) is 0 Å². The Morgan fingerprint density at radius 1 is 1.20 bits per heavy atom. The van der Waals surface area contributed by atoms with Crippen molar-refractivity contribution < 1.29 is 14.6 Å². The molecule has 1 N–H and O–H groups in total. The summed E-state index contributed by atoms with van der Waals surface area (Å²) in [6.07, 6.45) is 3.60. The lowest BCUT2D eigenvalue weighted by Crippen LogP contribution is -1.98. The number of rotatable bonds is 5. The van der Waals surface area contributed by atoms with Crippen LogP contribution < -0.4 is 4.74 Å². The van der Waals surface area contributed by atoms with Gasteiger partial charge in [-0.1, -0.05) is 11.6 Å². The van der Waals surface area contributed by atoms with E-state index in [1.54, 1.807) is 19.4 Å². The number of halogens is 1. The number of aromatic carboxylic acids is 1. The van der Waals surface area contributed by atoms with Crippen molar-refractivity contribution >= 4 is 29.5 Å². The molecular formula is C19H15ClN2O3. The number of nitrogens with zero attached hydrogens (tertiary/aromatic N) is 2. The molecule has 0 unspecified atom stereocenters. The molecule has 1 aromatic heterocycles. The predicted octanol–water partition coefficient (Wildman–Crippen LogP) is 4.59. The van der Waals surface area contributed by atoms with Crippen LogP contribution in [0, 0.1) is 0 Å². The smallest absolute Gasteiger partial charge is 0.337 e. The monoisotopic (exact) mass is 354 g/mol. The molecule has 0 atom stereocenters. The Labute approximate surface area is 149 Å². The number of carboxylic acids is 1. The number of aliphatic imine (C=N–C) groups is 1. The van der Waals surface area contributed by atoms with Crippen LogP contribution in [-0.4, -0.2) is 29.0 Å². The molecule has 6 heteroatoms. The van der Waals surface area contributed by atoms with Gasteiger partial charge in [-0.3, -0.25) is 4.99 Å². The van der Waals surface area contributed by atoms with E-state index in [4.69, 9.17) is 21.4 Å². The van der Waals surface area contributed by atoms with Gasteiger partial charge in [0.1, 0.15) is 5.75 Å². The van der Waals surface area contributed by atoms with Gasteiger partial charge < -0.3 is 14.4 Å². The van der Waals surface area contributed by atoms with Crippen LogP contribution in [0.3, 0.4) is 0 Å². The van der Waals surface area contributed by atoms with E-state index in [2.05, 4.69) is 4.99 Å². The molecule has 0 saturated heterocycles. The summed E-state index contributed by atoms with van der Waals surface area (Å²) in [5.74, 6) is -0.294. The second kappa shape index (κ2) is 7.23. The van der Waals surface area contributed by atoms with Gasteiger partial charge in [0.25, 0.3) is 0 Å². The van der Waals surface area contributed by atoms with Gasteiger partial charge in [-0.25, -0.2) is 4.79 Å². The van der Waals surface area contributed by atoms with Gasteiger partial charge in [0.15, 0.2) is 0 Å². The molecule has 0 amide bonds. The third kappa shape index (κ3) is 3.72. The zero-order valence-electron chi connectivity index (χ0n) is 13.4. The van der Waals surface area contributed by atoms with Crippen LogP contribution in [0.25, 0.3) is 5.69 Å². The lowest BCUT2D eigenvalue weighted by molar-refractivity contribution is 0.0697. The SMILES string of the molecule is COc1ccc(-n2cccc2C=Nc2ccc(Cl)c(C(=O)O)c2)cc1. The van der Waals surface area contributed by atoms with Crippen LogP contribution in [0.15, 0.2) is 65.8 Å². The number of carbonyl (C=O) groups is 1. The predicted molar refractivity (Wildman–Crippen MR) is 98.0 cm³/mol. The zero-order chi connectivity index (χ0) is 17.8. The Morgan fingerprint density at radius 2 is 1.96 bits per heavy atom. The number of ether oxygens (including phenoxy) is 1. The third-order valence-corrected chi connectivity index (χ3v) is 3.99. The van der Waals surface area contributed by atoms with E-state index in [1.165, 1.54) is 12.1 Å². The Morgan fingerprint density at radius 3 is 2.64 bits per heavy atom. The maximum absolute atomic E-state index is 11.1. The number of methoxy groups -OCH3 is 1. The number of benzene rings is 2. The summed E-state index contributed by atoms with van der Waals surface area (Å²) in [5.41, 5.74) is 2.37. The van der Waals surface area contributed by atoms with Gasteiger partial charge in [-0.05, 0) is 54.6 Å². The van der Waals surface area contributed by atoms with Crippen molar-refractivity contribution in [3.63, 3.8) is 0 Å². The molecule has 0 bridgehead atoms. The summed E-state index contributed by atoms with van der Waals surface area (Å²) in [6, 6.07) is 16.1. The van der Waals surface area contributed by atoms with E-state index < -0.39 is 5.97 Å². The molecule has 0 saturated carbocycles. The highest BCUT2D eigenvalue weighted by Gasteiger charge is 2.09. The van der Waals surface area contributed by atoms with Crippen LogP contribution >= 0.6 is 11.6 Å². The van der Waals surface area contributed by atoms with Gasteiger partial charge in [0.2, 0.25) is 0 Å². The van der Waals surface area contributed by atoms with Crippen molar-refractivity contribution in [3.05, 3.63) is 77.1 Å². The van der Waals surface area contributed by atoms with Gasteiger partial charge in [0.05, 0.1) is 35.3 Å². The highest BCUT2D eigenvalue weighted by atomic mass is 35.5. The fourth-order valence-electron chi connectivity index (χ4n) is 2.38. The molecule has 5 nitrogen and oxygen atoms in total. The first kappa shape index (κ1) is 16.8. The number of carboxylic acid groups (broad SMARTS) is 1. The molecule has 0 fully saturated rings. The Kier molecular flexibility index (Phi) is 4.86. The minimum Gasteiger partial charge on any atom is -0.497 e. The van der Waals surface area contributed by atoms with Crippen LogP contribution in [0.4, 0.5) is 5.69 Å². The molecular weight excluding hydrogens is 340 g/mol. The number of hydrogen-bond acceptors (Lipinski definition) is 3. The molecule has 0 aliphatic rings. The van der Waals surface area contributed by atoms with Gasteiger partial charge >= 0.3 is 5.97 Å². The van der Waals surface area contributed by atoms with E-state index in [0.717, 1.165) is 17.1 Å². The van der Waals surface area contributed by atoms with E-state index in [0.29, 0.717) is 5.69 Å². The standard InChI is InChI=1S/C19H15ClN2O3/c1-25-16-7-5-14(6-8-16)22-10-2-3-15(22)12-21-13-4-9-18(20)17(11-13)19(23)24/h2-12H,1H3,(H,23,24). The van der Waals surface area contributed by atoms with Crippen molar-refractivity contribution in [1.82, 2.24) is 4.57 Å². The normalized spacial score (nSPS) is 11.0. The molecule has 25 heavy (non-hydrogen) atoms. The minimum atomic E-state index is -1.08. The Balaban J connectivity index is 1.89. The lowest BCUT2D eigenvalue weighted by atomic mass is 10.2. The van der Waals surface area contributed by atoms with Crippen molar-refractivity contribution in [3.8, 4) is 11.4 Å². The Hall–Kier alpha value is -3.05. The average Bonchev–Trinajstić information content (AvgIpc) is 3.09. The summed E-state index contributed by atoms with van der Waals surface area (Å²) >= 11 is 5.87. The van der Waals surface area contributed by atoms with E-state index in [9.17, 15) is 4.79 Å². The van der Waals surface area contributed by atoms with Crippen molar-refractivity contribution in [1.29, 1.82) is 0 Å². The molecule has 1 heterocycles. The van der Waals surface area contributed by atoms with Gasteiger partial charge in [0, 0.05) is 11.9 Å². The van der Waals surface area contributed by atoms with Crippen LogP contribution in [0.1, 0.15) is 16.1 Å². The first-order valence-corrected chi connectivity index (χ1v) is 7.85. The summed E-state index contributed by atoms with van der Waals surface area (Å²) in [7, 11) is 1.63. The molecule has 126 valence electrons. The maximum atomic E-state index is 11.1. The second-order valence-corrected chi connectivity index (χ2v) is 5.64. The zero-order valence-corrected chi connectivity index (χ0v) is 14.1. The van der Waals surface area contributed by atoms with Crippen LogP contribution in [0.2, 0.25) is 5.02 Å². The topological polar surface area (TPSA) is 63.8 Å². The largest absolute Gasteiger partial charge is 0.497 e. The molecule has 2 aromatic carbocycles. The summed E-state index contributed by atoms with van der Waals surface area (Å²) in [4.78, 5) is 15.5. The quantitative estimate of drug-likeness (QED) is 0.681. The maximum Gasteiger partial charge on any atom is 0.337 e. The molecule has 0 spiro atoms. The van der Waals surface area contributed by atoms with E-state index in [1.807, 2.05) is 47.2 Å². The first-order chi connectivity index (χ1) is 12.1. The van der Waals surface area contributed by atoms with Gasteiger partial charge in [-0.2, -0.15) is 0 Å². The van der Waals surface area contributed by atoms with Crippen molar-refractivity contribution in [2.24, 2.45) is 4.99 Å². The fourth-order valence-corrected chi connectivity index (χ4v) is 2.57. The minimum absolute atomic E-state index is 0.0295. The van der Waals surface area contributed by atoms with Crippen LogP contribution in [0.5, 0.6) is 5.75 Å². The highest BCUT2D eigenvalue weighted by Crippen LogP contribution is 2.23. The van der Waals surface area contributed by atoms with E-state index in [-0.39, 0.29) is 10.6 Å². The number of hydrogen-bond donors (Lipinski definition) is 1. The number of aromatic nitrogens is 1. The van der Waals surface area contributed by atoms with Crippen LogP contribution in [-0.2, 0) is 0 Å². The fraction of sp³-hybridized carbons (Fsp3) is 0.0526. The molecule has 0 radical (unpaired) electrons. The molecule has 3 rings (SSSR count). The Bertz CT molecular complexity index is 930. The second-order valence-electron chi connectivity index (χ2n) is 5.23. The van der Waals surface area contributed by atoms with Crippen molar-refractivity contribution in [2.45, 2.75) is 0 Å².